The van der Waals surface area contributed by atoms with Crippen molar-refractivity contribution in [2.45, 2.75) is 32.0 Å². The van der Waals surface area contributed by atoms with E-state index in [4.69, 9.17) is 0 Å². The second-order valence-corrected chi connectivity index (χ2v) is 7.20. The van der Waals surface area contributed by atoms with Gasteiger partial charge in [0, 0.05) is 12.2 Å². The highest BCUT2D eigenvalue weighted by Crippen LogP contribution is 2.36. The second kappa shape index (κ2) is 10.3. The molecule has 1 heterocycles. The van der Waals surface area contributed by atoms with Crippen molar-refractivity contribution in [2.75, 3.05) is 41.3 Å². The van der Waals surface area contributed by atoms with Crippen LogP contribution in [0.4, 0.5) is 13.2 Å². The van der Waals surface area contributed by atoms with Crippen molar-refractivity contribution in [2.24, 2.45) is 0 Å². The third-order valence-corrected chi connectivity index (χ3v) is 4.23. The van der Waals surface area contributed by atoms with Crippen LogP contribution in [0.25, 0.3) is 0 Å². The zero-order valence-electron chi connectivity index (χ0n) is 16.9. The molecule has 1 aliphatic rings. The molecule has 0 saturated carbocycles. The van der Waals surface area contributed by atoms with Gasteiger partial charge in [0.05, 0.1) is 0 Å². The molecule has 1 rings (SSSR count). The Kier molecular flexibility index (Phi) is 8.77. The van der Waals surface area contributed by atoms with Crippen molar-refractivity contribution in [3.8, 4) is 0 Å². The highest BCUT2D eigenvalue weighted by molar-refractivity contribution is 5.41. The van der Waals surface area contributed by atoms with E-state index in [1.807, 2.05) is 38.0 Å². The van der Waals surface area contributed by atoms with Crippen LogP contribution in [0.15, 0.2) is 34.9 Å². The van der Waals surface area contributed by atoms with Crippen LogP contribution in [0.2, 0.25) is 0 Å². The van der Waals surface area contributed by atoms with E-state index in [2.05, 4.69) is 0 Å². The summed E-state index contributed by atoms with van der Waals surface area (Å²) in [6.45, 7) is 1.41. The summed E-state index contributed by atoms with van der Waals surface area (Å²) in [6.07, 6.45) is -1.46. The molecule has 0 unspecified atom stereocenters. The van der Waals surface area contributed by atoms with Gasteiger partial charge in [-0.05, 0) is 82.4 Å². The van der Waals surface area contributed by atoms with Crippen LogP contribution in [0.5, 0.6) is 0 Å². The lowest BCUT2D eigenvalue weighted by molar-refractivity contribution is -0.505. The second-order valence-electron chi connectivity index (χ2n) is 7.20. The summed E-state index contributed by atoms with van der Waals surface area (Å²) in [5, 5.41) is 22.5. The van der Waals surface area contributed by atoms with Crippen molar-refractivity contribution < 1.29 is 23.0 Å². The highest BCUT2D eigenvalue weighted by Gasteiger charge is 2.54. The summed E-state index contributed by atoms with van der Waals surface area (Å²) in [4.78, 5) is 23.1. The van der Waals surface area contributed by atoms with Crippen LogP contribution >= 0.6 is 0 Å². The fraction of sp³-hybridized carbons (Fsp3) is 0.647. The third kappa shape index (κ3) is 7.46. The van der Waals surface area contributed by atoms with Gasteiger partial charge in [-0.15, -0.1) is 13.2 Å². The van der Waals surface area contributed by atoms with Gasteiger partial charge in [-0.2, -0.15) is 0 Å². The molecule has 1 aliphatic heterocycles. The Balaban J connectivity index is 3.43. The number of hydrogen-bond acceptors (Lipinski definition) is 7. The maximum absolute atomic E-state index is 13.3. The predicted octanol–water partition coefficient (Wildman–Crippen LogP) is 3.04. The average Bonchev–Trinajstić information content (AvgIpc) is 2.57. The lowest BCUT2D eigenvalue weighted by Gasteiger charge is -2.24. The molecule has 0 fully saturated rings. The topological polar surface area (TPSA) is 96.0 Å². The van der Waals surface area contributed by atoms with Gasteiger partial charge in [-0.3, -0.25) is 0 Å². The van der Waals surface area contributed by atoms with Crippen LogP contribution in [-0.4, -0.2) is 72.1 Å². The van der Waals surface area contributed by atoms with Gasteiger partial charge in [0.2, 0.25) is 0 Å². The van der Waals surface area contributed by atoms with Gasteiger partial charge in [0.1, 0.15) is 0 Å². The lowest BCUT2D eigenvalue weighted by atomic mass is 9.96. The van der Waals surface area contributed by atoms with E-state index in [0.717, 1.165) is 12.2 Å². The Morgan fingerprint density at radius 3 is 1.59 bits per heavy atom. The van der Waals surface area contributed by atoms with Crippen molar-refractivity contribution in [1.29, 1.82) is 0 Å². The first-order valence-electron chi connectivity index (χ1n) is 8.95. The Hall–Kier alpha value is -2.47. The summed E-state index contributed by atoms with van der Waals surface area (Å²) in [5.41, 5.74) is 0.760. The molecule has 0 aromatic rings. The molecular formula is C17H26F3N5O4. The fourth-order valence-electron chi connectivity index (χ4n) is 2.93. The van der Waals surface area contributed by atoms with Crippen LogP contribution in [0.3, 0.4) is 0 Å². The van der Waals surface area contributed by atoms with E-state index in [1.165, 1.54) is 0 Å². The number of hydrogen-bond donors (Lipinski definition) is 0. The number of alkyl halides is 3. The molecule has 0 aromatic carbocycles. The summed E-state index contributed by atoms with van der Waals surface area (Å²) in [6, 6.07) is 0. The Bertz CT molecular complexity index is 664. The van der Waals surface area contributed by atoms with E-state index in [-0.39, 0.29) is 5.57 Å². The van der Waals surface area contributed by atoms with Crippen LogP contribution in [0, 0.1) is 20.2 Å². The summed E-state index contributed by atoms with van der Waals surface area (Å²) >= 11 is 0. The fourth-order valence-corrected chi connectivity index (χ4v) is 2.93. The number of halogens is 3. The van der Waals surface area contributed by atoms with E-state index in [0.29, 0.717) is 44.3 Å². The number of nitrogens with zero attached hydrogens (tertiary/aromatic N) is 5. The van der Waals surface area contributed by atoms with Crippen LogP contribution < -0.4 is 0 Å². The molecule has 29 heavy (non-hydrogen) atoms. The monoisotopic (exact) mass is 421 g/mol. The maximum Gasteiger partial charge on any atom is 0.571 e. The Morgan fingerprint density at radius 1 is 0.931 bits per heavy atom. The van der Waals surface area contributed by atoms with Gasteiger partial charge >= 0.3 is 17.9 Å². The third-order valence-electron chi connectivity index (χ3n) is 4.23. The number of nitro groups is 2. The molecule has 12 heteroatoms. The van der Waals surface area contributed by atoms with Crippen molar-refractivity contribution >= 4 is 0 Å². The Morgan fingerprint density at radius 2 is 1.31 bits per heavy atom. The average molecular weight is 421 g/mol. The minimum atomic E-state index is -5.29. The first-order valence-corrected chi connectivity index (χ1v) is 8.95. The molecule has 0 saturated heterocycles. The van der Waals surface area contributed by atoms with Gasteiger partial charge in [-0.1, -0.05) is 10.5 Å². The van der Waals surface area contributed by atoms with Crippen LogP contribution in [0.1, 0.15) is 25.7 Å². The largest absolute Gasteiger partial charge is 0.571 e. The molecule has 0 N–H and O–H groups in total. The van der Waals surface area contributed by atoms with Gasteiger partial charge in [0.15, 0.2) is 0 Å². The SMILES string of the molecule is CN(C)CCCC(CCCN(C)C)=C1C=C([N+](=O)[O-])N(C(F)(F)F)C([N+](=O)[O-])=C1. The quantitative estimate of drug-likeness (QED) is 0.304. The van der Waals surface area contributed by atoms with Gasteiger partial charge < -0.3 is 30.0 Å². The van der Waals surface area contributed by atoms with Gasteiger partial charge in [0.25, 0.3) is 0 Å². The molecule has 0 amide bonds. The zero-order chi connectivity index (χ0) is 22.4. The number of rotatable bonds is 10. The van der Waals surface area contributed by atoms with Crippen LogP contribution in [-0.2, 0) is 0 Å². The molecule has 0 atom stereocenters. The smallest absolute Gasteiger partial charge is 0.358 e. The molecule has 0 aromatic heterocycles. The molecule has 9 nitrogen and oxygen atoms in total. The summed E-state index contributed by atoms with van der Waals surface area (Å²) in [5.74, 6) is -2.75. The normalized spacial score (nSPS) is 14.9. The predicted molar refractivity (Wildman–Crippen MR) is 101 cm³/mol. The lowest BCUT2D eigenvalue weighted by Crippen LogP contribution is -2.42. The van der Waals surface area contributed by atoms with Gasteiger partial charge in [-0.25, -0.2) is 0 Å². The zero-order valence-corrected chi connectivity index (χ0v) is 16.9. The van der Waals surface area contributed by atoms with E-state index in [1.54, 1.807) is 0 Å². The summed E-state index contributed by atoms with van der Waals surface area (Å²) in [7, 11) is 7.48. The van der Waals surface area contributed by atoms with Crippen molar-refractivity contribution in [3.63, 3.8) is 0 Å². The van der Waals surface area contributed by atoms with E-state index in [9.17, 15) is 33.4 Å². The standard InChI is InChI=1S/C17H26F3N5O4/c1-21(2)9-5-7-13(8-6-10-22(3)4)14-11-15(24(26)27)23(17(18,19)20)16(12-14)25(28)29/h11-12H,5-10H2,1-4H3. The molecular weight excluding hydrogens is 395 g/mol. The maximum atomic E-state index is 13.3. The minimum Gasteiger partial charge on any atom is -0.358 e. The molecule has 0 aliphatic carbocycles. The van der Waals surface area contributed by atoms with E-state index < -0.39 is 32.7 Å². The molecule has 0 radical (unpaired) electrons. The van der Waals surface area contributed by atoms with Crippen molar-refractivity contribution in [3.05, 3.63) is 55.2 Å². The summed E-state index contributed by atoms with van der Waals surface area (Å²) < 4.78 is 39.8. The first-order chi connectivity index (χ1) is 13.3. The molecule has 0 bridgehead atoms. The minimum absolute atomic E-state index is 0.0985. The molecule has 164 valence electrons. The Labute approximate surface area is 167 Å². The van der Waals surface area contributed by atoms with Crippen molar-refractivity contribution in [1.82, 2.24) is 14.7 Å². The van der Waals surface area contributed by atoms with E-state index >= 15 is 0 Å². The molecule has 0 spiro atoms. The first kappa shape index (κ1) is 24.6. The highest BCUT2D eigenvalue weighted by atomic mass is 19.4. The number of allylic oxidation sites excluding steroid dienone is 4.